The van der Waals surface area contributed by atoms with Crippen molar-refractivity contribution in [1.29, 1.82) is 0 Å². The molecule has 90 valence electrons. The third-order valence-electron chi connectivity index (χ3n) is 2.05. The second-order valence-corrected chi connectivity index (χ2v) is 5.34. The Hall–Kier alpha value is -1.11. The third-order valence-corrected chi connectivity index (χ3v) is 3.83. The predicted octanol–water partition coefficient (Wildman–Crippen LogP) is 1.48. The third kappa shape index (κ3) is 2.52. The molecular formula is C10H15NO4S. The van der Waals surface area contributed by atoms with Crippen LogP contribution in [0.2, 0.25) is 0 Å². The second kappa shape index (κ2) is 4.82. The van der Waals surface area contributed by atoms with Gasteiger partial charge in [-0.3, -0.25) is 5.21 Å². The van der Waals surface area contributed by atoms with E-state index in [9.17, 15) is 13.6 Å². The van der Waals surface area contributed by atoms with Crippen molar-refractivity contribution < 1.29 is 18.4 Å². The largest absolute Gasteiger partial charge is 0.497 e. The normalized spacial score (nSPS) is 12.1. The maximum Gasteiger partial charge on any atom is 0.265 e. The highest BCUT2D eigenvalue weighted by Gasteiger charge is 2.25. The minimum Gasteiger partial charge on any atom is -0.497 e. The van der Waals surface area contributed by atoms with Gasteiger partial charge in [-0.15, -0.1) is 0 Å². The highest BCUT2D eigenvalue weighted by Crippen LogP contribution is 2.19. The van der Waals surface area contributed by atoms with Crippen LogP contribution in [0.4, 0.5) is 0 Å². The molecule has 0 aliphatic carbocycles. The van der Waals surface area contributed by atoms with Crippen molar-refractivity contribution in [2.75, 3.05) is 7.11 Å². The van der Waals surface area contributed by atoms with Crippen LogP contribution in [0.25, 0.3) is 0 Å². The molecule has 0 radical (unpaired) electrons. The first-order chi connectivity index (χ1) is 7.39. The summed E-state index contributed by atoms with van der Waals surface area (Å²) in [7, 11) is -2.33. The summed E-state index contributed by atoms with van der Waals surface area (Å²) in [5, 5.41) is 9.45. The minimum absolute atomic E-state index is 0.0319. The monoisotopic (exact) mass is 245 g/mol. The molecule has 1 N–H and O–H groups in total. The number of methoxy groups -OCH3 is 1. The number of hydrogen-bond acceptors (Lipinski definition) is 4. The van der Waals surface area contributed by atoms with Crippen molar-refractivity contribution in [3.63, 3.8) is 0 Å². The van der Waals surface area contributed by atoms with Crippen LogP contribution in [-0.4, -0.2) is 31.2 Å². The van der Waals surface area contributed by atoms with E-state index in [1.807, 2.05) is 0 Å². The molecule has 0 heterocycles. The van der Waals surface area contributed by atoms with E-state index in [0.717, 1.165) is 0 Å². The first-order valence-electron chi connectivity index (χ1n) is 4.77. The molecule has 16 heavy (non-hydrogen) atoms. The molecule has 1 aromatic rings. The molecule has 5 nitrogen and oxygen atoms in total. The van der Waals surface area contributed by atoms with Gasteiger partial charge in [-0.25, -0.2) is 8.42 Å². The van der Waals surface area contributed by atoms with Gasteiger partial charge in [0.25, 0.3) is 10.0 Å². The van der Waals surface area contributed by atoms with E-state index >= 15 is 0 Å². The Morgan fingerprint density at radius 3 is 2.12 bits per heavy atom. The molecular weight excluding hydrogens is 230 g/mol. The lowest BCUT2D eigenvalue weighted by atomic mass is 10.3. The van der Waals surface area contributed by atoms with Crippen LogP contribution < -0.4 is 4.74 Å². The summed E-state index contributed by atoms with van der Waals surface area (Å²) in [6, 6.07) is 5.33. The zero-order valence-electron chi connectivity index (χ0n) is 9.41. The summed E-state index contributed by atoms with van der Waals surface area (Å²) in [5.41, 5.74) is 0. The molecule has 0 aliphatic heterocycles. The fraction of sp³-hybridized carbons (Fsp3) is 0.400. The second-order valence-electron chi connectivity index (χ2n) is 3.55. The molecule has 6 heteroatoms. The molecule has 0 atom stereocenters. The Morgan fingerprint density at radius 1 is 1.25 bits per heavy atom. The van der Waals surface area contributed by atoms with Crippen LogP contribution in [0.3, 0.4) is 0 Å². The van der Waals surface area contributed by atoms with Gasteiger partial charge in [-0.05, 0) is 38.1 Å². The van der Waals surface area contributed by atoms with Crippen LogP contribution in [0.5, 0.6) is 5.75 Å². The van der Waals surface area contributed by atoms with Crippen LogP contribution >= 0.6 is 0 Å². The summed E-state index contributed by atoms with van der Waals surface area (Å²) < 4.78 is 28.9. The molecule has 0 aliphatic rings. The van der Waals surface area contributed by atoms with E-state index in [-0.39, 0.29) is 4.90 Å². The molecule has 1 rings (SSSR count). The van der Waals surface area contributed by atoms with Gasteiger partial charge in [-0.1, -0.05) is 4.47 Å². The smallest absolute Gasteiger partial charge is 0.265 e. The van der Waals surface area contributed by atoms with E-state index < -0.39 is 16.1 Å². The lowest BCUT2D eigenvalue weighted by Gasteiger charge is -2.18. The van der Waals surface area contributed by atoms with Crippen LogP contribution in [0, 0.1) is 0 Å². The van der Waals surface area contributed by atoms with Gasteiger partial charge in [0.05, 0.1) is 12.0 Å². The first-order valence-corrected chi connectivity index (χ1v) is 6.21. The summed E-state index contributed by atoms with van der Waals surface area (Å²) >= 11 is 0. The van der Waals surface area contributed by atoms with E-state index in [0.29, 0.717) is 10.2 Å². The van der Waals surface area contributed by atoms with Gasteiger partial charge in [0.15, 0.2) is 0 Å². The predicted molar refractivity (Wildman–Crippen MR) is 58.9 cm³/mol. The Morgan fingerprint density at radius 2 is 1.75 bits per heavy atom. The van der Waals surface area contributed by atoms with E-state index in [1.54, 1.807) is 13.8 Å². The number of hydrogen-bond donors (Lipinski definition) is 1. The summed E-state index contributed by atoms with van der Waals surface area (Å²) in [5.74, 6) is 0.563. The van der Waals surface area contributed by atoms with Gasteiger partial charge in [-0.2, -0.15) is 0 Å². The van der Waals surface area contributed by atoms with E-state index in [4.69, 9.17) is 4.74 Å². The van der Waals surface area contributed by atoms with Gasteiger partial charge in [0, 0.05) is 6.04 Å². The Labute approximate surface area is 95.3 Å². The average molecular weight is 245 g/mol. The summed E-state index contributed by atoms with van der Waals surface area (Å²) in [4.78, 5) is 0.0319. The number of hydroxylamine groups is 1. The Balaban J connectivity index is 3.08. The number of nitrogens with zero attached hydrogens (tertiary/aromatic N) is 1. The molecule has 0 amide bonds. The highest BCUT2D eigenvalue weighted by molar-refractivity contribution is 7.89. The molecule has 0 saturated heterocycles. The topological polar surface area (TPSA) is 66.8 Å². The lowest BCUT2D eigenvalue weighted by Crippen LogP contribution is -2.33. The summed E-state index contributed by atoms with van der Waals surface area (Å²) in [6.07, 6.45) is 0. The molecule has 0 fully saturated rings. The maximum absolute atomic E-state index is 11.8. The van der Waals surface area contributed by atoms with Gasteiger partial charge >= 0.3 is 0 Å². The van der Waals surface area contributed by atoms with Crippen molar-refractivity contribution in [3.05, 3.63) is 24.3 Å². The zero-order chi connectivity index (χ0) is 12.3. The Kier molecular flexibility index (Phi) is 3.90. The number of ether oxygens (including phenoxy) is 1. The molecule has 0 spiro atoms. The van der Waals surface area contributed by atoms with Crippen LogP contribution in [-0.2, 0) is 10.0 Å². The van der Waals surface area contributed by atoms with Crippen LogP contribution in [0.1, 0.15) is 13.8 Å². The fourth-order valence-corrected chi connectivity index (χ4v) is 2.38. The van der Waals surface area contributed by atoms with Gasteiger partial charge in [0.1, 0.15) is 5.75 Å². The SMILES string of the molecule is COc1ccc(S(=O)(=O)N(O)C(C)C)cc1. The number of rotatable bonds is 4. The first kappa shape index (κ1) is 13.0. The molecule has 0 saturated carbocycles. The quantitative estimate of drug-likeness (QED) is 0.816. The van der Waals surface area contributed by atoms with Crippen molar-refractivity contribution in [2.24, 2.45) is 0 Å². The molecule has 1 aromatic carbocycles. The Bertz CT molecular complexity index is 438. The number of sulfonamides is 1. The molecule has 0 aromatic heterocycles. The maximum atomic E-state index is 11.8. The van der Waals surface area contributed by atoms with Crippen molar-refractivity contribution >= 4 is 10.0 Å². The molecule has 0 bridgehead atoms. The van der Waals surface area contributed by atoms with Gasteiger partial charge < -0.3 is 4.74 Å². The average Bonchev–Trinajstić information content (AvgIpc) is 2.28. The van der Waals surface area contributed by atoms with Crippen molar-refractivity contribution in [1.82, 2.24) is 4.47 Å². The lowest BCUT2D eigenvalue weighted by molar-refractivity contribution is -0.0239. The van der Waals surface area contributed by atoms with E-state index in [2.05, 4.69) is 0 Å². The van der Waals surface area contributed by atoms with Crippen molar-refractivity contribution in [3.8, 4) is 5.75 Å². The highest BCUT2D eigenvalue weighted by atomic mass is 32.2. The number of benzene rings is 1. The standard InChI is InChI=1S/C10H15NO4S/c1-8(2)11(12)16(13,14)10-6-4-9(15-3)5-7-10/h4-8,12H,1-3H3. The molecule has 0 unspecified atom stereocenters. The van der Waals surface area contributed by atoms with E-state index in [1.165, 1.54) is 31.4 Å². The zero-order valence-corrected chi connectivity index (χ0v) is 10.2. The fourth-order valence-electron chi connectivity index (χ4n) is 1.13. The van der Waals surface area contributed by atoms with Gasteiger partial charge in [0.2, 0.25) is 0 Å². The minimum atomic E-state index is -3.83. The summed E-state index contributed by atoms with van der Waals surface area (Å²) in [6.45, 7) is 3.17. The van der Waals surface area contributed by atoms with Crippen molar-refractivity contribution in [2.45, 2.75) is 24.8 Å². The van der Waals surface area contributed by atoms with Crippen LogP contribution in [0.15, 0.2) is 29.2 Å².